The Bertz CT molecular complexity index is 505. The zero-order valence-electron chi connectivity index (χ0n) is 10.5. The summed E-state index contributed by atoms with van der Waals surface area (Å²) < 4.78 is 5.64. The molecule has 0 saturated carbocycles. The molecule has 1 fully saturated rings. The van der Waals surface area contributed by atoms with E-state index >= 15 is 0 Å². The highest BCUT2D eigenvalue weighted by Crippen LogP contribution is 2.39. The number of fused-ring (bicyclic) bond motifs is 1. The van der Waals surface area contributed by atoms with Gasteiger partial charge < -0.3 is 14.7 Å². The Kier molecular flexibility index (Phi) is 3.37. The zero-order chi connectivity index (χ0) is 13.4. The van der Waals surface area contributed by atoms with E-state index < -0.39 is 6.10 Å². The predicted octanol–water partition coefficient (Wildman–Crippen LogP) is 2.15. The van der Waals surface area contributed by atoms with Gasteiger partial charge in [-0.3, -0.25) is 4.79 Å². The number of ether oxygens (including phenoxy) is 1. The van der Waals surface area contributed by atoms with E-state index in [0.29, 0.717) is 36.8 Å². The quantitative estimate of drug-likeness (QED) is 0.858. The predicted molar refractivity (Wildman–Crippen MR) is 71.3 cm³/mol. The van der Waals surface area contributed by atoms with Crippen LogP contribution in [-0.4, -0.2) is 35.2 Å². The third-order valence-electron chi connectivity index (χ3n) is 3.77. The number of aliphatic hydroxyl groups is 1. The molecule has 3 rings (SSSR count). The molecule has 0 radical (unpaired) electrons. The summed E-state index contributed by atoms with van der Waals surface area (Å²) in [7, 11) is 0. The molecule has 2 aliphatic heterocycles. The normalized spacial score (nSPS) is 26.8. The highest BCUT2D eigenvalue weighted by atomic mass is 35.5. The summed E-state index contributed by atoms with van der Waals surface area (Å²) in [4.78, 5) is 13.7. The molecule has 1 saturated heterocycles. The standard InChI is InChI=1S/C14H16ClNO3/c15-9-3-4-12-10(8-9)14(11(17)5-7-19-12)16-6-1-2-13(16)18/h3-4,8,11,14,17H,1-2,5-7H2. The summed E-state index contributed by atoms with van der Waals surface area (Å²) in [5.74, 6) is 0.808. The Labute approximate surface area is 116 Å². The van der Waals surface area contributed by atoms with Crippen LogP contribution in [0.4, 0.5) is 0 Å². The fourth-order valence-electron chi connectivity index (χ4n) is 2.88. The molecule has 0 bridgehead atoms. The summed E-state index contributed by atoms with van der Waals surface area (Å²) >= 11 is 6.05. The van der Waals surface area contributed by atoms with Crippen LogP contribution in [0.3, 0.4) is 0 Å². The van der Waals surface area contributed by atoms with Gasteiger partial charge in [0.1, 0.15) is 5.75 Å². The summed E-state index contributed by atoms with van der Waals surface area (Å²) in [6.07, 6.45) is 1.31. The lowest BCUT2D eigenvalue weighted by Crippen LogP contribution is -2.37. The molecule has 1 aromatic rings. The van der Waals surface area contributed by atoms with E-state index in [1.165, 1.54) is 0 Å². The fourth-order valence-corrected chi connectivity index (χ4v) is 3.06. The van der Waals surface area contributed by atoms with Crippen LogP contribution in [0.1, 0.15) is 30.9 Å². The van der Waals surface area contributed by atoms with Gasteiger partial charge in [0.05, 0.1) is 18.8 Å². The van der Waals surface area contributed by atoms with Crippen molar-refractivity contribution in [3.05, 3.63) is 28.8 Å². The largest absolute Gasteiger partial charge is 0.493 e. The number of halogens is 1. The first-order chi connectivity index (χ1) is 9.16. The van der Waals surface area contributed by atoms with Crippen molar-refractivity contribution in [2.45, 2.75) is 31.4 Å². The first-order valence-electron chi connectivity index (χ1n) is 6.56. The molecule has 0 spiro atoms. The van der Waals surface area contributed by atoms with E-state index in [9.17, 15) is 9.90 Å². The van der Waals surface area contributed by atoms with Crippen LogP contribution in [0, 0.1) is 0 Å². The fraction of sp³-hybridized carbons (Fsp3) is 0.500. The van der Waals surface area contributed by atoms with Crippen molar-refractivity contribution < 1.29 is 14.6 Å². The van der Waals surface area contributed by atoms with Gasteiger partial charge in [0.25, 0.3) is 0 Å². The minimum Gasteiger partial charge on any atom is -0.493 e. The first kappa shape index (κ1) is 12.8. The van der Waals surface area contributed by atoms with Gasteiger partial charge in [-0.25, -0.2) is 0 Å². The molecule has 2 unspecified atom stereocenters. The number of amides is 1. The van der Waals surface area contributed by atoms with Gasteiger partial charge in [-0.15, -0.1) is 0 Å². The highest BCUT2D eigenvalue weighted by Gasteiger charge is 2.37. The van der Waals surface area contributed by atoms with Crippen molar-refractivity contribution in [2.24, 2.45) is 0 Å². The maximum absolute atomic E-state index is 12.0. The van der Waals surface area contributed by atoms with Gasteiger partial charge in [0.15, 0.2) is 0 Å². The minimum atomic E-state index is -0.609. The van der Waals surface area contributed by atoms with Crippen molar-refractivity contribution in [2.75, 3.05) is 13.2 Å². The van der Waals surface area contributed by atoms with Crippen LogP contribution in [-0.2, 0) is 4.79 Å². The van der Waals surface area contributed by atoms with E-state index in [0.717, 1.165) is 12.0 Å². The molecule has 0 aromatic heterocycles. The van der Waals surface area contributed by atoms with Gasteiger partial charge >= 0.3 is 0 Å². The smallest absolute Gasteiger partial charge is 0.223 e. The Morgan fingerprint density at radius 1 is 1.42 bits per heavy atom. The van der Waals surface area contributed by atoms with Gasteiger partial charge in [0, 0.05) is 30.0 Å². The number of hydrogen-bond donors (Lipinski definition) is 1. The number of likely N-dealkylation sites (tertiary alicyclic amines) is 1. The van der Waals surface area contributed by atoms with Gasteiger partial charge in [-0.05, 0) is 24.6 Å². The van der Waals surface area contributed by atoms with Gasteiger partial charge in [0.2, 0.25) is 5.91 Å². The number of rotatable bonds is 1. The Hall–Kier alpha value is -1.26. The molecular formula is C14H16ClNO3. The number of aliphatic hydroxyl groups excluding tert-OH is 1. The van der Waals surface area contributed by atoms with Crippen LogP contribution >= 0.6 is 11.6 Å². The SMILES string of the molecule is O=C1CCCN1C1c2cc(Cl)ccc2OCCC1O. The van der Waals surface area contributed by atoms with E-state index in [2.05, 4.69) is 0 Å². The molecule has 19 heavy (non-hydrogen) atoms. The number of hydrogen-bond acceptors (Lipinski definition) is 3. The van der Waals surface area contributed by atoms with Crippen LogP contribution in [0.2, 0.25) is 5.02 Å². The maximum Gasteiger partial charge on any atom is 0.223 e. The molecule has 1 amide bonds. The highest BCUT2D eigenvalue weighted by molar-refractivity contribution is 6.30. The molecule has 2 atom stereocenters. The average molecular weight is 282 g/mol. The van der Waals surface area contributed by atoms with Crippen LogP contribution in [0.25, 0.3) is 0 Å². The topological polar surface area (TPSA) is 49.8 Å². The number of nitrogens with zero attached hydrogens (tertiary/aromatic N) is 1. The lowest BCUT2D eigenvalue weighted by atomic mass is 9.98. The summed E-state index contributed by atoms with van der Waals surface area (Å²) in [5.41, 5.74) is 0.813. The Morgan fingerprint density at radius 3 is 3.00 bits per heavy atom. The molecule has 0 aliphatic carbocycles. The Morgan fingerprint density at radius 2 is 2.26 bits per heavy atom. The van der Waals surface area contributed by atoms with Gasteiger partial charge in [-0.1, -0.05) is 11.6 Å². The molecule has 1 N–H and O–H groups in total. The van der Waals surface area contributed by atoms with Crippen molar-refractivity contribution >= 4 is 17.5 Å². The van der Waals surface area contributed by atoms with Crippen molar-refractivity contribution in [3.8, 4) is 5.75 Å². The molecule has 102 valence electrons. The third-order valence-corrected chi connectivity index (χ3v) is 4.01. The maximum atomic E-state index is 12.0. The molecule has 4 nitrogen and oxygen atoms in total. The Balaban J connectivity index is 2.05. The van der Waals surface area contributed by atoms with Crippen LogP contribution < -0.4 is 4.74 Å². The minimum absolute atomic E-state index is 0.0943. The van der Waals surface area contributed by atoms with Crippen molar-refractivity contribution in [1.82, 2.24) is 4.90 Å². The first-order valence-corrected chi connectivity index (χ1v) is 6.94. The number of carbonyl (C=O) groups excluding carboxylic acids is 1. The van der Waals surface area contributed by atoms with Crippen molar-refractivity contribution in [1.29, 1.82) is 0 Å². The lowest BCUT2D eigenvalue weighted by Gasteiger charge is -2.31. The average Bonchev–Trinajstić information content (AvgIpc) is 2.71. The summed E-state index contributed by atoms with van der Waals surface area (Å²) in [6, 6.07) is 5.03. The third kappa shape index (κ3) is 2.30. The number of carbonyl (C=O) groups is 1. The summed E-state index contributed by atoms with van der Waals surface area (Å²) in [5, 5.41) is 10.9. The van der Waals surface area contributed by atoms with Crippen molar-refractivity contribution in [3.63, 3.8) is 0 Å². The molecule has 2 aliphatic rings. The van der Waals surface area contributed by atoms with Crippen LogP contribution in [0.5, 0.6) is 5.75 Å². The molecular weight excluding hydrogens is 266 g/mol. The van der Waals surface area contributed by atoms with E-state index in [-0.39, 0.29) is 11.9 Å². The second-order valence-electron chi connectivity index (χ2n) is 5.02. The van der Waals surface area contributed by atoms with Gasteiger partial charge in [-0.2, -0.15) is 0 Å². The molecule has 1 aromatic carbocycles. The molecule has 2 heterocycles. The second-order valence-corrected chi connectivity index (χ2v) is 5.46. The van der Waals surface area contributed by atoms with E-state index in [4.69, 9.17) is 16.3 Å². The zero-order valence-corrected chi connectivity index (χ0v) is 11.3. The van der Waals surface area contributed by atoms with E-state index in [1.54, 1.807) is 17.0 Å². The van der Waals surface area contributed by atoms with E-state index in [1.807, 2.05) is 6.07 Å². The lowest BCUT2D eigenvalue weighted by molar-refractivity contribution is -0.132. The molecule has 5 heteroatoms. The van der Waals surface area contributed by atoms with Crippen LogP contribution in [0.15, 0.2) is 18.2 Å². The number of benzene rings is 1. The monoisotopic (exact) mass is 281 g/mol. The summed E-state index contributed by atoms with van der Waals surface area (Å²) in [6.45, 7) is 1.14. The second kappa shape index (κ2) is 5.02.